The highest BCUT2D eigenvalue weighted by Gasteiger charge is 2.31. The lowest BCUT2D eigenvalue weighted by Crippen LogP contribution is -2.30. The van der Waals surface area contributed by atoms with Crippen LogP contribution in [-0.2, 0) is 16.0 Å². The molecule has 2 heterocycles. The molecule has 3 aromatic rings. The highest BCUT2D eigenvalue weighted by atomic mass is 32.2. The van der Waals surface area contributed by atoms with Crippen molar-refractivity contribution in [3.63, 3.8) is 0 Å². The Labute approximate surface area is 174 Å². The predicted molar refractivity (Wildman–Crippen MR) is 106 cm³/mol. The molecule has 0 aliphatic carbocycles. The number of sulfone groups is 1. The molecular formula is C18H17F3N4O3S2. The topological polar surface area (TPSA) is 94.0 Å². The standard InChI is InChI=1S/C18H17F3N4O3S2/c1-2-30(27,28)10-8-22-17(26)15-23-16(14-7-4-9-29-14)25(24-15)13-6-3-5-12(11-13)18(19,20)21/h3-7,9,11H,2,8,10H2,1H3,(H,22,26). The first-order valence-electron chi connectivity index (χ1n) is 8.78. The summed E-state index contributed by atoms with van der Waals surface area (Å²) in [7, 11) is -3.26. The Balaban J connectivity index is 1.94. The van der Waals surface area contributed by atoms with Crippen molar-refractivity contribution in [1.82, 2.24) is 20.1 Å². The first-order chi connectivity index (χ1) is 14.1. The first kappa shape index (κ1) is 22.0. The van der Waals surface area contributed by atoms with Crippen LogP contribution in [0.1, 0.15) is 23.1 Å². The highest BCUT2D eigenvalue weighted by molar-refractivity contribution is 7.91. The van der Waals surface area contributed by atoms with Crippen LogP contribution >= 0.6 is 11.3 Å². The van der Waals surface area contributed by atoms with Gasteiger partial charge in [0.2, 0.25) is 5.82 Å². The van der Waals surface area contributed by atoms with Crippen LogP contribution < -0.4 is 5.32 Å². The number of alkyl halides is 3. The zero-order chi connectivity index (χ0) is 21.9. The van der Waals surface area contributed by atoms with Gasteiger partial charge in [-0.1, -0.05) is 19.1 Å². The van der Waals surface area contributed by atoms with Crippen molar-refractivity contribution in [3.05, 3.63) is 53.2 Å². The Kier molecular flexibility index (Phi) is 6.27. The molecule has 1 N–H and O–H groups in total. The van der Waals surface area contributed by atoms with Gasteiger partial charge in [-0.2, -0.15) is 13.2 Å². The number of thiophene rings is 1. The van der Waals surface area contributed by atoms with E-state index in [1.807, 2.05) is 0 Å². The Morgan fingerprint density at radius 1 is 1.23 bits per heavy atom. The van der Waals surface area contributed by atoms with Crippen LogP contribution in [0.2, 0.25) is 0 Å². The van der Waals surface area contributed by atoms with E-state index in [-0.39, 0.29) is 35.4 Å². The van der Waals surface area contributed by atoms with E-state index in [9.17, 15) is 26.4 Å². The van der Waals surface area contributed by atoms with E-state index in [0.29, 0.717) is 4.88 Å². The second-order valence-corrected chi connectivity index (χ2v) is 9.61. The fourth-order valence-corrected chi connectivity index (χ4v) is 3.91. The molecule has 0 bridgehead atoms. The van der Waals surface area contributed by atoms with Crippen LogP contribution in [0, 0.1) is 0 Å². The van der Waals surface area contributed by atoms with Gasteiger partial charge in [0.25, 0.3) is 5.91 Å². The molecule has 1 amide bonds. The van der Waals surface area contributed by atoms with E-state index in [4.69, 9.17) is 0 Å². The van der Waals surface area contributed by atoms with E-state index < -0.39 is 27.5 Å². The molecule has 7 nitrogen and oxygen atoms in total. The minimum Gasteiger partial charge on any atom is -0.348 e. The minimum atomic E-state index is -4.54. The van der Waals surface area contributed by atoms with Crippen molar-refractivity contribution < 1.29 is 26.4 Å². The SMILES string of the molecule is CCS(=O)(=O)CCNC(=O)c1nc(-c2cccs2)n(-c2cccc(C(F)(F)F)c2)n1. The van der Waals surface area contributed by atoms with Gasteiger partial charge in [-0.05, 0) is 29.6 Å². The lowest BCUT2D eigenvalue weighted by molar-refractivity contribution is -0.137. The number of aromatic nitrogens is 3. The number of benzene rings is 1. The fourth-order valence-electron chi connectivity index (χ4n) is 2.51. The normalized spacial score (nSPS) is 12.1. The summed E-state index contributed by atoms with van der Waals surface area (Å²) in [5.74, 6) is -1.07. The van der Waals surface area contributed by atoms with E-state index in [0.717, 1.165) is 12.1 Å². The molecule has 0 saturated carbocycles. The van der Waals surface area contributed by atoms with Crippen LogP contribution in [0.4, 0.5) is 13.2 Å². The van der Waals surface area contributed by atoms with E-state index >= 15 is 0 Å². The average Bonchev–Trinajstić information content (AvgIpc) is 3.37. The maximum Gasteiger partial charge on any atom is 0.416 e. The van der Waals surface area contributed by atoms with Gasteiger partial charge in [0.1, 0.15) is 0 Å². The Hall–Kier alpha value is -2.73. The summed E-state index contributed by atoms with van der Waals surface area (Å²) in [6.45, 7) is 1.38. The molecule has 0 saturated heterocycles. The Morgan fingerprint density at radius 2 is 2.00 bits per heavy atom. The average molecular weight is 458 g/mol. The Bertz CT molecular complexity index is 1140. The van der Waals surface area contributed by atoms with Crippen molar-refractivity contribution in [3.8, 4) is 16.4 Å². The van der Waals surface area contributed by atoms with Crippen LogP contribution in [-0.4, -0.2) is 47.1 Å². The fraction of sp³-hybridized carbons (Fsp3) is 0.278. The van der Waals surface area contributed by atoms with Crippen molar-refractivity contribution >= 4 is 27.1 Å². The molecule has 30 heavy (non-hydrogen) atoms. The number of halogens is 3. The molecule has 0 fully saturated rings. The molecule has 0 aliphatic heterocycles. The molecule has 0 spiro atoms. The van der Waals surface area contributed by atoms with E-state index in [1.165, 1.54) is 35.1 Å². The molecule has 3 rings (SSSR count). The summed E-state index contributed by atoms with van der Waals surface area (Å²) in [5, 5.41) is 8.27. The molecular weight excluding hydrogens is 441 g/mol. The zero-order valence-electron chi connectivity index (χ0n) is 15.7. The minimum absolute atomic E-state index is 0.0478. The van der Waals surface area contributed by atoms with Gasteiger partial charge in [-0.25, -0.2) is 18.1 Å². The van der Waals surface area contributed by atoms with Crippen LogP contribution in [0.25, 0.3) is 16.4 Å². The summed E-state index contributed by atoms with van der Waals surface area (Å²) in [6, 6.07) is 7.97. The number of carbonyl (C=O) groups is 1. The summed E-state index contributed by atoms with van der Waals surface area (Å²) in [5.41, 5.74) is -0.767. The second kappa shape index (κ2) is 8.56. The molecule has 2 aromatic heterocycles. The smallest absolute Gasteiger partial charge is 0.348 e. The van der Waals surface area contributed by atoms with Gasteiger partial charge < -0.3 is 5.32 Å². The van der Waals surface area contributed by atoms with Crippen molar-refractivity contribution in [2.75, 3.05) is 18.1 Å². The van der Waals surface area contributed by atoms with Gasteiger partial charge in [0, 0.05) is 12.3 Å². The van der Waals surface area contributed by atoms with Crippen molar-refractivity contribution in [1.29, 1.82) is 0 Å². The first-order valence-corrected chi connectivity index (χ1v) is 11.5. The highest BCUT2D eigenvalue weighted by Crippen LogP contribution is 2.32. The number of hydrogen-bond acceptors (Lipinski definition) is 6. The number of rotatable bonds is 7. The van der Waals surface area contributed by atoms with Crippen LogP contribution in [0.15, 0.2) is 41.8 Å². The number of amides is 1. The third kappa shape index (κ3) is 5.05. The quantitative estimate of drug-likeness (QED) is 0.587. The number of carbonyl (C=O) groups excluding carboxylic acids is 1. The van der Waals surface area contributed by atoms with Gasteiger partial charge in [0.15, 0.2) is 15.7 Å². The van der Waals surface area contributed by atoms with E-state index in [2.05, 4.69) is 15.4 Å². The molecule has 0 aliphatic rings. The summed E-state index contributed by atoms with van der Waals surface area (Å²) >= 11 is 1.29. The molecule has 0 atom stereocenters. The Morgan fingerprint density at radius 3 is 2.63 bits per heavy atom. The summed E-state index contributed by atoms with van der Waals surface area (Å²) < 4.78 is 63.6. The largest absolute Gasteiger partial charge is 0.416 e. The number of nitrogens with one attached hydrogen (secondary N) is 1. The third-order valence-corrected chi connectivity index (χ3v) is 6.68. The van der Waals surface area contributed by atoms with Gasteiger partial charge in [-0.3, -0.25) is 4.79 Å². The maximum absolute atomic E-state index is 13.1. The van der Waals surface area contributed by atoms with Crippen LogP contribution in [0.5, 0.6) is 0 Å². The van der Waals surface area contributed by atoms with Gasteiger partial charge in [0.05, 0.1) is 21.9 Å². The zero-order valence-corrected chi connectivity index (χ0v) is 17.3. The number of nitrogens with zero attached hydrogens (tertiary/aromatic N) is 3. The second-order valence-electron chi connectivity index (χ2n) is 6.19. The predicted octanol–water partition coefficient (Wildman–Crippen LogP) is 3.18. The van der Waals surface area contributed by atoms with Gasteiger partial charge >= 0.3 is 6.18 Å². The number of hydrogen-bond donors (Lipinski definition) is 1. The summed E-state index contributed by atoms with van der Waals surface area (Å²) in [4.78, 5) is 17.2. The lowest BCUT2D eigenvalue weighted by atomic mass is 10.2. The van der Waals surface area contributed by atoms with Gasteiger partial charge in [-0.15, -0.1) is 16.4 Å². The van der Waals surface area contributed by atoms with Crippen molar-refractivity contribution in [2.45, 2.75) is 13.1 Å². The maximum atomic E-state index is 13.1. The molecule has 12 heteroatoms. The summed E-state index contributed by atoms with van der Waals surface area (Å²) in [6.07, 6.45) is -4.54. The molecule has 0 unspecified atom stereocenters. The van der Waals surface area contributed by atoms with Crippen LogP contribution in [0.3, 0.4) is 0 Å². The molecule has 160 valence electrons. The third-order valence-electron chi connectivity index (χ3n) is 4.11. The molecule has 0 radical (unpaired) electrons. The molecule has 1 aromatic carbocycles. The lowest BCUT2D eigenvalue weighted by Gasteiger charge is -2.09. The monoisotopic (exact) mass is 458 g/mol. The van der Waals surface area contributed by atoms with E-state index in [1.54, 1.807) is 17.5 Å². The van der Waals surface area contributed by atoms with Crippen molar-refractivity contribution in [2.24, 2.45) is 0 Å².